The second-order valence-electron chi connectivity index (χ2n) is 7.55. The van der Waals surface area contributed by atoms with E-state index in [1.165, 1.54) is 0 Å². The van der Waals surface area contributed by atoms with Crippen molar-refractivity contribution in [2.75, 3.05) is 26.7 Å². The number of carbonyl (C=O) groups is 2. The highest BCUT2D eigenvalue weighted by atomic mass is 35.5. The first kappa shape index (κ1) is 21.2. The molecule has 6 nitrogen and oxygen atoms in total. The van der Waals surface area contributed by atoms with Gasteiger partial charge in [0.25, 0.3) is 5.91 Å². The molecule has 3 heterocycles. The molecular weight excluding hydrogens is 388 g/mol. The number of piperidine rings is 1. The van der Waals surface area contributed by atoms with Crippen molar-refractivity contribution in [1.29, 1.82) is 0 Å². The molecule has 0 saturated carbocycles. The lowest BCUT2D eigenvalue weighted by molar-refractivity contribution is -0.130. The highest BCUT2D eigenvalue weighted by Gasteiger charge is 2.25. The first-order valence-corrected chi connectivity index (χ1v) is 10.5. The van der Waals surface area contributed by atoms with Gasteiger partial charge in [-0.3, -0.25) is 14.6 Å². The third-order valence-corrected chi connectivity index (χ3v) is 5.61. The van der Waals surface area contributed by atoms with E-state index >= 15 is 0 Å². The van der Waals surface area contributed by atoms with Crippen LogP contribution in [0.3, 0.4) is 0 Å². The molecule has 0 bridgehead atoms. The number of hydrogen-bond donors (Lipinski definition) is 0. The average molecular weight is 415 g/mol. The topological polar surface area (TPSA) is 66.4 Å². The van der Waals surface area contributed by atoms with Crippen molar-refractivity contribution in [3.05, 3.63) is 59.1 Å². The van der Waals surface area contributed by atoms with Crippen molar-refractivity contribution in [3.8, 4) is 0 Å². The summed E-state index contributed by atoms with van der Waals surface area (Å²) < 4.78 is 0. The van der Waals surface area contributed by atoms with Crippen LogP contribution in [-0.4, -0.2) is 58.3 Å². The summed E-state index contributed by atoms with van der Waals surface area (Å²) in [6, 6.07) is 9.12. The van der Waals surface area contributed by atoms with Gasteiger partial charge in [0.05, 0.1) is 0 Å². The minimum absolute atomic E-state index is 0.0159. The molecule has 1 saturated heterocycles. The van der Waals surface area contributed by atoms with Crippen molar-refractivity contribution in [3.63, 3.8) is 0 Å². The van der Waals surface area contributed by atoms with Crippen LogP contribution in [0.25, 0.3) is 0 Å². The molecule has 2 aromatic rings. The fourth-order valence-electron chi connectivity index (χ4n) is 3.67. The number of aromatic nitrogens is 2. The average Bonchev–Trinajstić information content (AvgIpc) is 2.76. The Hall–Kier alpha value is -2.47. The number of nitrogens with zero attached hydrogens (tertiary/aromatic N) is 4. The summed E-state index contributed by atoms with van der Waals surface area (Å²) in [5.41, 5.74) is 1.56. The molecule has 154 valence electrons. The van der Waals surface area contributed by atoms with E-state index in [-0.39, 0.29) is 11.8 Å². The van der Waals surface area contributed by atoms with Crippen LogP contribution in [0.15, 0.2) is 42.7 Å². The Labute approximate surface area is 176 Å². The lowest BCUT2D eigenvalue weighted by atomic mass is 9.92. The Bertz CT molecular complexity index is 831. The van der Waals surface area contributed by atoms with Gasteiger partial charge in [-0.2, -0.15) is 0 Å². The summed E-state index contributed by atoms with van der Waals surface area (Å²) in [7, 11) is 1.84. The van der Waals surface area contributed by atoms with Gasteiger partial charge in [-0.1, -0.05) is 17.7 Å². The monoisotopic (exact) mass is 414 g/mol. The Kier molecular flexibility index (Phi) is 7.58. The van der Waals surface area contributed by atoms with E-state index in [4.69, 9.17) is 11.6 Å². The van der Waals surface area contributed by atoms with Crippen molar-refractivity contribution >= 4 is 23.4 Å². The number of halogens is 1. The number of pyridine rings is 2. The molecule has 1 aliphatic heterocycles. The molecule has 0 spiro atoms. The van der Waals surface area contributed by atoms with Crippen LogP contribution in [0.1, 0.15) is 41.7 Å². The second-order valence-corrected chi connectivity index (χ2v) is 7.94. The number of rotatable bonds is 7. The molecule has 2 aromatic heterocycles. The number of likely N-dealkylation sites (tertiary alicyclic amines) is 1. The van der Waals surface area contributed by atoms with Crippen LogP contribution in [0, 0.1) is 5.92 Å². The minimum Gasteiger partial charge on any atom is -0.345 e. The van der Waals surface area contributed by atoms with Crippen molar-refractivity contribution in [2.24, 2.45) is 5.92 Å². The quantitative estimate of drug-likeness (QED) is 0.650. The molecule has 0 N–H and O–H groups in total. The summed E-state index contributed by atoms with van der Waals surface area (Å²) in [4.78, 5) is 37.1. The van der Waals surface area contributed by atoms with Crippen molar-refractivity contribution < 1.29 is 9.59 Å². The molecule has 1 fully saturated rings. The zero-order chi connectivity index (χ0) is 20.6. The zero-order valence-corrected chi connectivity index (χ0v) is 17.5. The lowest BCUT2D eigenvalue weighted by Gasteiger charge is -2.33. The van der Waals surface area contributed by atoms with Gasteiger partial charge in [-0.05, 0) is 49.4 Å². The first-order valence-electron chi connectivity index (χ1n) is 10.1. The van der Waals surface area contributed by atoms with E-state index in [2.05, 4.69) is 9.97 Å². The van der Waals surface area contributed by atoms with Gasteiger partial charge >= 0.3 is 0 Å². The normalized spacial score (nSPS) is 16.5. The van der Waals surface area contributed by atoms with Crippen LogP contribution >= 0.6 is 11.6 Å². The first-order chi connectivity index (χ1) is 14.0. The lowest BCUT2D eigenvalue weighted by Crippen LogP contribution is -2.40. The highest BCUT2D eigenvalue weighted by Crippen LogP contribution is 2.23. The number of amides is 2. The van der Waals surface area contributed by atoms with Crippen molar-refractivity contribution in [2.45, 2.75) is 32.1 Å². The molecule has 7 heteroatoms. The molecule has 1 atom stereocenters. The van der Waals surface area contributed by atoms with Gasteiger partial charge in [0, 0.05) is 63.2 Å². The predicted molar refractivity (Wildman–Crippen MR) is 113 cm³/mol. The summed E-state index contributed by atoms with van der Waals surface area (Å²) in [6.07, 6.45) is 7.39. The third-order valence-electron chi connectivity index (χ3n) is 5.40. The summed E-state index contributed by atoms with van der Waals surface area (Å²) in [5, 5.41) is 0.323. The fraction of sp³-hybridized carbons (Fsp3) is 0.455. The van der Waals surface area contributed by atoms with Gasteiger partial charge in [-0.15, -0.1) is 0 Å². The largest absolute Gasteiger partial charge is 0.345 e. The summed E-state index contributed by atoms with van der Waals surface area (Å²) in [6.45, 7) is 2.09. The second kappa shape index (κ2) is 10.3. The SMILES string of the molecule is CN(CCc1ccccn1)C(=O)CC[C@@H]1CCCN(C(=O)c2ccnc(Cl)c2)C1. The van der Waals surface area contributed by atoms with Crippen LogP contribution in [-0.2, 0) is 11.2 Å². The van der Waals surface area contributed by atoms with Gasteiger partial charge in [-0.25, -0.2) is 4.98 Å². The maximum absolute atomic E-state index is 12.7. The molecule has 29 heavy (non-hydrogen) atoms. The van der Waals surface area contributed by atoms with E-state index in [1.807, 2.05) is 30.1 Å². The third kappa shape index (κ3) is 6.26. The maximum Gasteiger partial charge on any atom is 0.254 e. The molecule has 1 aliphatic rings. The molecule has 0 unspecified atom stereocenters. The van der Waals surface area contributed by atoms with E-state index in [0.29, 0.717) is 36.1 Å². The van der Waals surface area contributed by atoms with E-state index < -0.39 is 0 Å². The highest BCUT2D eigenvalue weighted by molar-refractivity contribution is 6.29. The Balaban J connectivity index is 1.45. The Morgan fingerprint density at radius 1 is 1.24 bits per heavy atom. The van der Waals surface area contributed by atoms with Crippen molar-refractivity contribution in [1.82, 2.24) is 19.8 Å². The Morgan fingerprint density at radius 2 is 2.10 bits per heavy atom. The molecule has 3 rings (SSSR count). The molecule has 0 aliphatic carbocycles. The van der Waals surface area contributed by atoms with Crippen LogP contribution in [0.2, 0.25) is 5.15 Å². The number of hydrogen-bond acceptors (Lipinski definition) is 4. The molecule has 2 amide bonds. The van der Waals surface area contributed by atoms with Crippen LogP contribution in [0.5, 0.6) is 0 Å². The van der Waals surface area contributed by atoms with Gasteiger partial charge in [0.2, 0.25) is 5.91 Å². The Morgan fingerprint density at radius 3 is 2.86 bits per heavy atom. The van der Waals surface area contributed by atoms with Gasteiger partial charge in [0.1, 0.15) is 5.15 Å². The molecule has 0 aromatic carbocycles. The van der Waals surface area contributed by atoms with Gasteiger partial charge in [0.15, 0.2) is 0 Å². The number of likely N-dealkylation sites (N-methyl/N-ethyl adjacent to an activating group) is 1. The van der Waals surface area contributed by atoms with E-state index in [9.17, 15) is 9.59 Å². The van der Waals surface area contributed by atoms with E-state index in [0.717, 1.165) is 37.9 Å². The zero-order valence-electron chi connectivity index (χ0n) is 16.8. The predicted octanol–water partition coefficient (Wildman–Crippen LogP) is 3.46. The molecular formula is C22H27ClN4O2. The minimum atomic E-state index is -0.0159. The van der Waals surface area contributed by atoms with Crippen LogP contribution in [0.4, 0.5) is 0 Å². The molecule has 0 radical (unpaired) electrons. The maximum atomic E-state index is 12.7. The smallest absolute Gasteiger partial charge is 0.254 e. The standard InChI is InChI=1S/C22H27ClN4O2/c1-26(14-10-19-6-2-3-11-24-19)21(28)8-7-17-5-4-13-27(16-17)22(29)18-9-12-25-20(23)15-18/h2-3,6,9,11-12,15,17H,4-5,7-8,10,13-14,16H2,1H3/t17-/m0/s1. The fourth-order valence-corrected chi connectivity index (χ4v) is 3.85. The van der Waals surface area contributed by atoms with Gasteiger partial charge < -0.3 is 9.80 Å². The van der Waals surface area contributed by atoms with E-state index in [1.54, 1.807) is 29.4 Å². The number of carbonyl (C=O) groups excluding carboxylic acids is 2. The van der Waals surface area contributed by atoms with Crippen LogP contribution < -0.4 is 0 Å². The summed E-state index contributed by atoms with van der Waals surface area (Å²) >= 11 is 5.91. The summed E-state index contributed by atoms with van der Waals surface area (Å²) in [5.74, 6) is 0.473.